The van der Waals surface area contributed by atoms with Gasteiger partial charge in [-0.25, -0.2) is 4.79 Å². The van der Waals surface area contributed by atoms with Crippen LogP contribution in [0.25, 0.3) is 10.9 Å². The molecule has 11 heteroatoms. The summed E-state index contributed by atoms with van der Waals surface area (Å²) in [6.45, 7) is 7.56. The SMILES string of the molecule is CCC(C)C(N)C(=O)NC(Cc1c[nH]c2ccccc12)C(=O)NC(CC(C)C)C(=O)NC(CS)C(=O)O. The first-order valence-corrected chi connectivity index (χ1v) is 13.2. The normalized spacial score (nSPS) is 15.4. The number of hydrogen-bond acceptors (Lipinski definition) is 6. The quantitative estimate of drug-likeness (QED) is 0.182. The topological polar surface area (TPSA) is 166 Å². The van der Waals surface area contributed by atoms with Crippen LogP contribution < -0.4 is 21.7 Å². The van der Waals surface area contributed by atoms with Gasteiger partial charge in [-0.3, -0.25) is 14.4 Å². The Morgan fingerprint density at radius 1 is 0.973 bits per heavy atom. The molecule has 0 aliphatic carbocycles. The van der Waals surface area contributed by atoms with E-state index >= 15 is 0 Å². The number of H-pyrrole nitrogens is 1. The summed E-state index contributed by atoms with van der Waals surface area (Å²) in [6, 6.07) is 3.60. The number of para-hydroxylation sites is 1. The van der Waals surface area contributed by atoms with Crippen LogP contribution in [-0.4, -0.2) is 63.7 Å². The number of rotatable bonds is 14. The van der Waals surface area contributed by atoms with E-state index in [0.717, 1.165) is 16.5 Å². The Hall–Kier alpha value is -3.05. The summed E-state index contributed by atoms with van der Waals surface area (Å²) in [6.07, 6.45) is 2.92. The lowest BCUT2D eigenvalue weighted by atomic mass is 9.97. The van der Waals surface area contributed by atoms with Crippen LogP contribution in [0.4, 0.5) is 0 Å². The number of nitrogens with two attached hydrogens (primary N) is 1. The second-order valence-electron chi connectivity index (χ2n) is 9.81. The number of nitrogens with one attached hydrogen (secondary N) is 4. The summed E-state index contributed by atoms with van der Waals surface area (Å²) in [5, 5.41) is 18.1. The highest BCUT2D eigenvalue weighted by Crippen LogP contribution is 2.20. The van der Waals surface area contributed by atoms with Gasteiger partial charge < -0.3 is 31.8 Å². The molecular weight excluding hydrogens is 494 g/mol. The molecule has 0 radical (unpaired) electrons. The fourth-order valence-electron chi connectivity index (χ4n) is 3.94. The number of hydrogen-bond donors (Lipinski definition) is 7. The largest absolute Gasteiger partial charge is 0.480 e. The molecule has 1 aromatic heterocycles. The Bertz CT molecular complexity index is 1090. The lowest BCUT2D eigenvalue weighted by Gasteiger charge is -2.26. The Balaban J connectivity index is 2.31. The molecule has 0 aliphatic heterocycles. The zero-order valence-electron chi connectivity index (χ0n) is 21.8. The van der Waals surface area contributed by atoms with Crippen LogP contribution >= 0.6 is 12.6 Å². The van der Waals surface area contributed by atoms with E-state index in [4.69, 9.17) is 5.73 Å². The van der Waals surface area contributed by atoms with Crippen molar-refractivity contribution in [1.29, 1.82) is 0 Å². The molecule has 3 amide bonds. The third-order valence-electron chi connectivity index (χ3n) is 6.43. The number of thiol groups is 1. The zero-order chi connectivity index (χ0) is 27.7. The van der Waals surface area contributed by atoms with Crippen molar-refractivity contribution in [3.05, 3.63) is 36.0 Å². The number of amides is 3. The van der Waals surface area contributed by atoms with Gasteiger partial charge in [0.25, 0.3) is 0 Å². The first kappa shape index (κ1) is 30.2. The predicted octanol–water partition coefficient (Wildman–Crippen LogP) is 1.60. The van der Waals surface area contributed by atoms with Crippen molar-refractivity contribution in [2.45, 2.75) is 71.1 Å². The van der Waals surface area contributed by atoms with Crippen LogP contribution in [0.15, 0.2) is 30.5 Å². The molecule has 0 saturated carbocycles. The number of carboxylic acid groups (broad SMARTS) is 1. The third-order valence-corrected chi connectivity index (χ3v) is 6.79. The van der Waals surface area contributed by atoms with Gasteiger partial charge in [0.1, 0.15) is 18.1 Å². The highest BCUT2D eigenvalue weighted by molar-refractivity contribution is 7.80. The Morgan fingerprint density at radius 3 is 2.16 bits per heavy atom. The molecule has 5 unspecified atom stereocenters. The van der Waals surface area contributed by atoms with Gasteiger partial charge in [-0.15, -0.1) is 0 Å². The summed E-state index contributed by atoms with van der Waals surface area (Å²) in [5.41, 5.74) is 7.83. The second-order valence-corrected chi connectivity index (χ2v) is 10.2. The highest BCUT2D eigenvalue weighted by Gasteiger charge is 2.31. The van der Waals surface area contributed by atoms with Crippen molar-refractivity contribution >= 4 is 47.2 Å². The van der Waals surface area contributed by atoms with Crippen molar-refractivity contribution in [3.8, 4) is 0 Å². The number of fused-ring (bicyclic) bond motifs is 1. The number of carboxylic acids is 1. The maximum Gasteiger partial charge on any atom is 0.327 e. The van der Waals surface area contributed by atoms with Gasteiger partial charge in [-0.2, -0.15) is 12.6 Å². The maximum atomic E-state index is 13.5. The van der Waals surface area contributed by atoms with Crippen LogP contribution in [0.3, 0.4) is 0 Å². The van der Waals surface area contributed by atoms with Crippen molar-refractivity contribution < 1.29 is 24.3 Å². The van der Waals surface area contributed by atoms with Gasteiger partial charge in [0.15, 0.2) is 0 Å². The Labute approximate surface area is 222 Å². The number of aliphatic carboxylic acids is 1. The van der Waals surface area contributed by atoms with E-state index in [9.17, 15) is 24.3 Å². The van der Waals surface area contributed by atoms with Crippen LogP contribution in [0.1, 0.15) is 46.1 Å². The lowest BCUT2D eigenvalue weighted by Crippen LogP contribution is -2.58. The molecule has 0 saturated heterocycles. The molecule has 5 atom stereocenters. The van der Waals surface area contributed by atoms with Crippen molar-refractivity contribution in [1.82, 2.24) is 20.9 Å². The molecule has 0 fully saturated rings. The average Bonchev–Trinajstić information content (AvgIpc) is 3.27. The molecule has 2 rings (SSSR count). The fourth-order valence-corrected chi connectivity index (χ4v) is 4.19. The molecule has 0 bridgehead atoms. The average molecular weight is 534 g/mol. The second kappa shape index (κ2) is 14.0. The summed E-state index contributed by atoms with van der Waals surface area (Å²) >= 11 is 3.99. The highest BCUT2D eigenvalue weighted by atomic mass is 32.1. The Kier molecular flexibility index (Phi) is 11.4. The summed E-state index contributed by atoms with van der Waals surface area (Å²) in [4.78, 5) is 53.9. The van der Waals surface area contributed by atoms with E-state index in [1.54, 1.807) is 6.20 Å². The molecule has 37 heavy (non-hydrogen) atoms. The van der Waals surface area contributed by atoms with Crippen LogP contribution in [0, 0.1) is 11.8 Å². The monoisotopic (exact) mass is 533 g/mol. The number of benzene rings is 1. The van der Waals surface area contributed by atoms with Gasteiger partial charge in [0.05, 0.1) is 6.04 Å². The van der Waals surface area contributed by atoms with Crippen molar-refractivity contribution in [2.24, 2.45) is 17.6 Å². The van der Waals surface area contributed by atoms with Crippen LogP contribution in [0.5, 0.6) is 0 Å². The summed E-state index contributed by atoms with van der Waals surface area (Å²) in [5.74, 6) is -3.04. The van der Waals surface area contributed by atoms with Crippen LogP contribution in [0.2, 0.25) is 0 Å². The molecule has 7 N–H and O–H groups in total. The fraction of sp³-hybridized carbons (Fsp3) is 0.538. The number of aromatic nitrogens is 1. The first-order valence-electron chi connectivity index (χ1n) is 12.5. The molecule has 10 nitrogen and oxygen atoms in total. The Morgan fingerprint density at radius 2 is 1.57 bits per heavy atom. The maximum absolute atomic E-state index is 13.5. The molecule has 1 aromatic carbocycles. The van der Waals surface area contributed by atoms with Gasteiger partial charge >= 0.3 is 5.97 Å². The number of carbonyl (C=O) groups excluding carboxylic acids is 3. The standard InChI is InChI=1S/C26H39N5O5S/c1-5-15(4)22(27)25(34)30-20(11-16-12-28-18-9-7-6-8-17(16)18)24(33)29-19(10-14(2)3)23(32)31-21(13-37)26(35)36/h6-9,12,14-15,19-22,28,37H,5,10-11,13,27H2,1-4H3,(H,29,33)(H,30,34)(H,31,32)(H,35,36). The van der Waals surface area contributed by atoms with E-state index in [2.05, 4.69) is 33.6 Å². The number of carbonyl (C=O) groups is 4. The van der Waals surface area contributed by atoms with E-state index in [-0.39, 0.29) is 30.4 Å². The summed E-state index contributed by atoms with van der Waals surface area (Å²) < 4.78 is 0. The minimum absolute atomic E-state index is 0.0239. The minimum atomic E-state index is -1.22. The third kappa shape index (κ3) is 8.50. The first-order chi connectivity index (χ1) is 17.5. The summed E-state index contributed by atoms with van der Waals surface area (Å²) in [7, 11) is 0. The minimum Gasteiger partial charge on any atom is -0.480 e. The smallest absolute Gasteiger partial charge is 0.327 e. The van der Waals surface area contributed by atoms with Crippen molar-refractivity contribution in [3.63, 3.8) is 0 Å². The van der Waals surface area contributed by atoms with E-state index in [0.29, 0.717) is 6.42 Å². The van der Waals surface area contributed by atoms with Gasteiger partial charge in [0, 0.05) is 29.3 Å². The molecule has 0 spiro atoms. The molecule has 1 heterocycles. The van der Waals surface area contributed by atoms with E-state index < -0.39 is 47.9 Å². The van der Waals surface area contributed by atoms with E-state index in [1.165, 1.54) is 0 Å². The van der Waals surface area contributed by atoms with Crippen LogP contribution in [-0.2, 0) is 25.6 Å². The lowest BCUT2D eigenvalue weighted by molar-refractivity contribution is -0.141. The number of aromatic amines is 1. The zero-order valence-corrected chi connectivity index (χ0v) is 22.7. The van der Waals surface area contributed by atoms with Gasteiger partial charge in [-0.05, 0) is 29.9 Å². The van der Waals surface area contributed by atoms with Gasteiger partial charge in [-0.1, -0.05) is 52.3 Å². The predicted molar refractivity (Wildman–Crippen MR) is 146 cm³/mol. The van der Waals surface area contributed by atoms with Gasteiger partial charge in [0.2, 0.25) is 17.7 Å². The molecule has 2 aromatic rings. The molecule has 0 aliphatic rings. The van der Waals surface area contributed by atoms with Crippen molar-refractivity contribution in [2.75, 3.05) is 5.75 Å². The van der Waals surface area contributed by atoms with E-state index in [1.807, 2.05) is 52.0 Å². The molecule has 204 valence electrons. The molecular formula is C26H39N5O5S.